The topological polar surface area (TPSA) is 137 Å². The molecule has 1 fully saturated rings. The SMILES string of the molecule is CC(C)(C)OC(=O)CCCCCCCCCCCCCCCCC(=O)N(CCC(=O)OC(C)(C)C)CC(=O)ON1C(=O)CCC1=O. The van der Waals surface area contributed by atoms with E-state index < -0.39 is 41.5 Å². The second-order valence-corrected chi connectivity index (χ2v) is 14.2. The quantitative estimate of drug-likeness (QED) is 0.0668. The van der Waals surface area contributed by atoms with E-state index in [9.17, 15) is 28.8 Å². The Hall–Kier alpha value is -2.98. The molecular weight excluding hydrogens is 592 g/mol. The van der Waals surface area contributed by atoms with Gasteiger partial charge in [0, 0.05) is 32.2 Å². The zero-order chi connectivity index (χ0) is 34.6. The molecule has 0 aromatic carbocycles. The third-order valence-corrected chi connectivity index (χ3v) is 7.32. The third-order valence-electron chi connectivity index (χ3n) is 7.32. The standard InChI is InChI=1S/C35H60N2O9/c1-34(2,3)44-31(41)22-20-18-16-14-12-10-8-7-9-11-13-15-17-19-21-28(38)36(26-25-32(42)45-35(4,5)6)27-33(43)46-37-29(39)23-24-30(37)40/h7-27H2,1-6H3. The first kappa shape index (κ1) is 41.0. The molecule has 1 saturated heterocycles. The van der Waals surface area contributed by atoms with Crippen LogP contribution in [0.5, 0.6) is 0 Å². The molecule has 0 aromatic rings. The van der Waals surface area contributed by atoms with E-state index in [0.717, 1.165) is 38.5 Å². The van der Waals surface area contributed by atoms with Crippen LogP contribution in [0.15, 0.2) is 0 Å². The number of hydrogen-bond donors (Lipinski definition) is 0. The minimum Gasteiger partial charge on any atom is -0.460 e. The van der Waals surface area contributed by atoms with E-state index in [-0.39, 0.29) is 44.1 Å². The summed E-state index contributed by atoms with van der Waals surface area (Å²) >= 11 is 0. The van der Waals surface area contributed by atoms with E-state index in [0.29, 0.717) is 17.9 Å². The van der Waals surface area contributed by atoms with E-state index in [4.69, 9.17) is 14.3 Å². The molecule has 1 rings (SSSR count). The van der Waals surface area contributed by atoms with E-state index >= 15 is 0 Å². The van der Waals surface area contributed by atoms with Gasteiger partial charge in [0.1, 0.15) is 17.7 Å². The summed E-state index contributed by atoms with van der Waals surface area (Å²) in [4.78, 5) is 79.1. The molecule has 11 heteroatoms. The van der Waals surface area contributed by atoms with Crippen LogP contribution in [0.3, 0.4) is 0 Å². The highest BCUT2D eigenvalue weighted by atomic mass is 16.7. The maximum absolute atomic E-state index is 12.9. The van der Waals surface area contributed by atoms with E-state index in [1.54, 1.807) is 20.8 Å². The van der Waals surface area contributed by atoms with Crippen LogP contribution in [-0.2, 0) is 43.1 Å². The summed E-state index contributed by atoms with van der Waals surface area (Å²) in [5.41, 5.74) is -1.08. The molecular formula is C35H60N2O9. The van der Waals surface area contributed by atoms with Gasteiger partial charge < -0.3 is 19.2 Å². The smallest absolute Gasteiger partial charge is 0.352 e. The summed E-state index contributed by atoms with van der Waals surface area (Å²) in [6, 6.07) is 0. The molecule has 0 bridgehead atoms. The Morgan fingerprint density at radius 2 is 0.935 bits per heavy atom. The zero-order valence-corrected chi connectivity index (χ0v) is 29.4. The van der Waals surface area contributed by atoms with Gasteiger partial charge in [-0.15, -0.1) is 5.06 Å². The van der Waals surface area contributed by atoms with Crippen molar-refractivity contribution in [2.75, 3.05) is 13.1 Å². The number of carbonyl (C=O) groups excluding carboxylic acids is 6. The van der Waals surface area contributed by atoms with Crippen molar-refractivity contribution in [3.63, 3.8) is 0 Å². The molecule has 0 atom stereocenters. The Balaban J connectivity index is 2.19. The number of hydroxylamine groups is 2. The fraction of sp³-hybridized carbons (Fsp3) is 0.829. The van der Waals surface area contributed by atoms with Gasteiger partial charge in [-0.3, -0.25) is 24.0 Å². The summed E-state index contributed by atoms with van der Waals surface area (Å²) < 4.78 is 10.6. The van der Waals surface area contributed by atoms with E-state index in [1.165, 1.54) is 49.8 Å². The molecule has 0 radical (unpaired) electrons. The van der Waals surface area contributed by atoms with Crippen molar-refractivity contribution in [2.45, 2.75) is 175 Å². The Morgan fingerprint density at radius 1 is 0.565 bits per heavy atom. The van der Waals surface area contributed by atoms with Crippen molar-refractivity contribution in [3.8, 4) is 0 Å². The number of hydrogen-bond acceptors (Lipinski definition) is 9. The number of imide groups is 1. The molecule has 0 spiro atoms. The molecule has 1 aliphatic rings. The highest BCUT2D eigenvalue weighted by Gasteiger charge is 2.33. The van der Waals surface area contributed by atoms with Gasteiger partial charge in [-0.2, -0.15) is 0 Å². The van der Waals surface area contributed by atoms with Gasteiger partial charge in [-0.1, -0.05) is 77.0 Å². The normalized spacial score (nSPS) is 13.6. The van der Waals surface area contributed by atoms with Crippen molar-refractivity contribution >= 4 is 35.6 Å². The molecule has 0 aliphatic carbocycles. The molecule has 0 unspecified atom stereocenters. The van der Waals surface area contributed by atoms with Crippen LogP contribution < -0.4 is 0 Å². The van der Waals surface area contributed by atoms with Crippen LogP contribution in [0.1, 0.15) is 164 Å². The lowest BCUT2D eigenvalue weighted by Gasteiger charge is -2.24. The molecule has 46 heavy (non-hydrogen) atoms. The summed E-state index contributed by atoms with van der Waals surface area (Å²) in [5, 5.41) is 0.456. The van der Waals surface area contributed by atoms with Crippen molar-refractivity contribution in [1.29, 1.82) is 0 Å². The largest absolute Gasteiger partial charge is 0.460 e. The summed E-state index contributed by atoms with van der Waals surface area (Å²) in [5.74, 6) is -2.97. The van der Waals surface area contributed by atoms with Gasteiger partial charge in [-0.25, -0.2) is 4.79 Å². The number of nitrogens with zero attached hydrogens (tertiary/aromatic N) is 2. The third kappa shape index (κ3) is 20.9. The van der Waals surface area contributed by atoms with Crippen LogP contribution >= 0.6 is 0 Å². The minimum absolute atomic E-state index is 0.0195. The Kier molecular flexibility index (Phi) is 19.4. The fourth-order valence-corrected chi connectivity index (χ4v) is 5.07. The lowest BCUT2D eigenvalue weighted by molar-refractivity contribution is -0.198. The maximum atomic E-state index is 12.9. The maximum Gasteiger partial charge on any atom is 0.352 e. The van der Waals surface area contributed by atoms with Crippen LogP contribution in [-0.4, -0.2) is 69.9 Å². The number of unbranched alkanes of at least 4 members (excludes halogenated alkanes) is 13. The van der Waals surface area contributed by atoms with Gasteiger partial charge >= 0.3 is 17.9 Å². The molecule has 1 aliphatic heterocycles. The average molecular weight is 653 g/mol. The van der Waals surface area contributed by atoms with Crippen LogP contribution in [0.25, 0.3) is 0 Å². The van der Waals surface area contributed by atoms with Crippen molar-refractivity contribution in [1.82, 2.24) is 9.96 Å². The first-order valence-corrected chi connectivity index (χ1v) is 17.4. The van der Waals surface area contributed by atoms with Gasteiger partial charge in [0.05, 0.1) is 6.42 Å². The highest BCUT2D eigenvalue weighted by Crippen LogP contribution is 2.17. The summed E-state index contributed by atoms with van der Waals surface area (Å²) in [6.45, 7) is 10.4. The van der Waals surface area contributed by atoms with Crippen molar-refractivity contribution in [3.05, 3.63) is 0 Å². The molecule has 11 nitrogen and oxygen atoms in total. The monoisotopic (exact) mass is 652 g/mol. The molecule has 264 valence electrons. The fourth-order valence-electron chi connectivity index (χ4n) is 5.07. The van der Waals surface area contributed by atoms with Crippen LogP contribution in [0.2, 0.25) is 0 Å². The predicted octanol–water partition coefficient (Wildman–Crippen LogP) is 6.74. The van der Waals surface area contributed by atoms with Gasteiger partial charge in [0.2, 0.25) is 5.91 Å². The predicted molar refractivity (Wildman–Crippen MR) is 174 cm³/mol. The second kappa shape index (κ2) is 21.7. The summed E-state index contributed by atoms with van der Waals surface area (Å²) in [7, 11) is 0. The molecule has 0 saturated carbocycles. The number of rotatable bonds is 23. The average Bonchev–Trinajstić information content (AvgIpc) is 3.25. The number of amides is 3. The number of esters is 2. The Morgan fingerprint density at radius 3 is 1.35 bits per heavy atom. The zero-order valence-electron chi connectivity index (χ0n) is 29.4. The van der Waals surface area contributed by atoms with Crippen molar-refractivity contribution in [2.24, 2.45) is 0 Å². The first-order chi connectivity index (χ1) is 21.6. The van der Waals surface area contributed by atoms with Crippen LogP contribution in [0, 0.1) is 0 Å². The molecule has 1 heterocycles. The van der Waals surface area contributed by atoms with Gasteiger partial charge in [0.15, 0.2) is 0 Å². The lowest BCUT2D eigenvalue weighted by atomic mass is 10.0. The van der Waals surface area contributed by atoms with Crippen molar-refractivity contribution < 1.29 is 43.1 Å². The lowest BCUT2D eigenvalue weighted by Crippen LogP contribution is -2.41. The molecule has 0 aromatic heterocycles. The van der Waals surface area contributed by atoms with Gasteiger partial charge in [-0.05, 0) is 54.4 Å². The van der Waals surface area contributed by atoms with E-state index in [1.807, 2.05) is 20.8 Å². The highest BCUT2D eigenvalue weighted by molar-refractivity contribution is 6.01. The molecule has 0 N–H and O–H groups in total. The minimum atomic E-state index is -0.906. The van der Waals surface area contributed by atoms with Gasteiger partial charge in [0.25, 0.3) is 11.8 Å². The second-order valence-electron chi connectivity index (χ2n) is 14.2. The molecule has 3 amide bonds. The Labute approximate surface area is 276 Å². The number of ether oxygens (including phenoxy) is 2. The van der Waals surface area contributed by atoms with Crippen LogP contribution in [0.4, 0.5) is 0 Å². The Bertz CT molecular complexity index is 966. The van der Waals surface area contributed by atoms with E-state index in [2.05, 4.69) is 0 Å². The summed E-state index contributed by atoms with van der Waals surface area (Å²) in [6.07, 6.45) is 16.0. The first-order valence-electron chi connectivity index (χ1n) is 17.4. The number of carbonyl (C=O) groups is 6.